The lowest BCUT2D eigenvalue weighted by molar-refractivity contribution is 0.0989. The molecule has 3 aromatic rings. The summed E-state index contributed by atoms with van der Waals surface area (Å²) in [5, 5.41) is 3.15. The summed E-state index contributed by atoms with van der Waals surface area (Å²) in [7, 11) is 1.86. The molecule has 0 radical (unpaired) electrons. The van der Waals surface area contributed by atoms with E-state index in [1.165, 1.54) is 0 Å². The molecule has 130 valence electrons. The van der Waals surface area contributed by atoms with Crippen LogP contribution in [-0.2, 0) is 4.74 Å². The van der Waals surface area contributed by atoms with Gasteiger partial charge in [0.2, 0.25) is 5.95 Å². The number of nitrogens with zero attached hydrogens (tertiary/aromatic N) is 4. The van der Waals surface area contributed by atoms with Crippen molar-refractivity contribution in [3.05, 3.63) is 36.4 Å². The van der Waals surface area contributed by atoms with Gasteiger partial charge in [-0.05, 0) is 19.1 Å². The third-order valence-electron chi connectivity index (χ3n) is 4.53. The van der Waals surface area contributed by atoms with E-state index in [9.17, 15) is 0 Å². The summed E-state index contributed by atoms with van der Waals surface area (Å²) < 4.78 is 7.55. The van der Waals surface area contributed by atoms with Gasteiger partial charge in [-0.3, -0.25) is 4.57 Å². The van der Waals surface area contributed by atoms with Crippen molar-refractivity contribution in [1.82, 2.24) is 14.5 Å². The highest BCUT2D eigenvalue weighted by Crippen LogP contribution is 2.28. The number of nitrogens with two attached hydrogens (primary N) is 1. The maximum absolute atomic E-state index is 6.13. The molecule has 2 aromatic heterocycles. The monoisotopic (exact) mass is 338 g/mol. The highest BCUT2D eigenvalue weighted by molar-refractivity contribution is 5.81. The predicted molar refractivity (Wildman–Crippen MR) is 100 cm³/mol. The van der Waals surface area contributed by atoms with E-state index < -0.39 is 0 Å². The van der Waals surface area contributed by atoms with Gasteiger partial charge < -0.3 is 20.7 Å². The van der Waals surface area contributed by atoms with Crippen LogP contribution in [0, 0.1) is 0 Å². The second-order valence-electron chi connectivity index (χ2n) is 6.24. The number of fused-ring (bicyclic) bond motifs is 1. The summed E-state index contributed by atoms with van der Waals surface area (Å²) in [4.78, 5) is 11.5. The van der Waals surface area contributed by atoms with E-state index in [-0.39, 0.29) is 0 Å². The molecule has 1 unspecified atom stereocenters. The topological polar surface area (TPSA) is 81.2 Å². The number of morpholine rings is 1. The van der Waals surface area contributed by atoms with Crippen LogP contribution in [-0.4, -0.2) is 47.4 Å². The second kappa shape index (κ2) is 6.25. The van der Waals surface area contributed by atoms with E-state index in [0.717, 1.165) is 41.6 Å². The highest BCUT2D eigenvalue weighted by Gasteiger charge is 2.21. The molecule has 4 rings (SSSR count). The van der Waals surface area contributed by atoms with Crippen molar-refractivity contribution in [2.45, 2.75) is 13.0 Å². The molecule has 0 saturated carbocycles. The van der Waals surface area contributed by atoms with E-state index in [1.54, 1.807) is 0 Å². The van der Waals surface area contributed by atoms with Crippen LogP contribution in [0.3, 0.4) is 0 Å². The van der Waals surface area contributed by atoms with Crippen LogP contribution < -0.4 is 16.0 Å². The summed E-state index contributed by atoms with van der Waals surface area (Å²) in [5.74, 6) is 1.98. The molecule has 1 atom stereocenters. The number of para-hydroxylation sites is 2. The molecule has 3 N–H and O–H groups in total. The maximum atomic E-state index is 6.13. The average Bonchev–Trinajstić information content (AvgIpc) is 3.00. The number of ether oxygens (including phenoxy) is 1. The molecular weight excluding hydrogens is 316 g/mol. The predicted octanol–water partition coefficient (Wildman–Crippen LogP) is 2.27. The Kier molecular flexibility index (Phi) is 3.93. The van der Waals surface area contributed by atoms with Crippen LogP contribution in [0.4, 0.5) is 17.5 Å². The molecule has 0 aliphatic carbocycles. The van der Waals surface area contributed by atoms with Gasteiger partial charge in [-0.25, -0.2) is 9.97 Å². The number of hydrogen-bond acceptors (Lipinski definition) is 6. The third kappa shape index (κ3) is 2.76. The Hall–Kier alpha value is -2.80. The van der Waals surface area contributed by atoms with Crippen LogP contribution in [0.2, 0.25) is 0 Å². The molecule has 7 nitrogen and oxygen atoms in total. The van der Waals surface area contributed by atoms with E-state index in [4.69, 9.17) is 10.5 Å². The maximum Gasteiger partial charge on any atom is 0.209 e. The van der Waals surface area contributed by atoms with Gasteiger partial charge in [-0.2, -0.15) is 0 Å². The first-order valence-corrected chi connectivity index (χ1v) is 8.45. The number of pyridine rings is 1. The SMILES string of the molecule is CNc1nc2ccccc2n1-c1cc(N2CCOCC2C)cc(N)n1. The normalized spacial score (nSPS) is 17.8. The summed E-state index contributed by atoms with van der Waals surface area (Å²) in [6, 6.07) is 12.3. The quantitative estimate of drug-likeness (QED) is 0.762. The minimum absolute atomic E-state index is 0.298. The van der Waals surface area contributed by atoms with Gasteiger partial charge in [-0.15, -0.1) is 0 Å². The number of anilines is 3. The first-order valence-electron chi connectivity index (χ1n) is 8.45. The number of aromatic nitrogens is 3. The fraction of sp³-hybridized carbons (Fsp3) is 0.333. The van der Waals surface area contributed by atoms with E-state index >= 15 is 0 Å². The molecule has 1 aromatic carbocycles. The molecule has 1 aliphatic heterocycles. The molecule has 3 heterocycles. The molecule has 25 heavy (non-hydrogen) atoms. The van der Waals surface area contributed by atoms with Crippen molar-refractivity contribution < 1.29 is 4.74 Å². The Morgan fingerprint density at radius 1 is 1.24 bits per heavy atom. The number of hydrogen-bond donors (Lipinski definition) is 2. The zero-order valence-corrected chi connectivity index (χ0v) is 14.4. The Balaban J connectivity index is 1.86. The molecule has 7 heteroatoms. The van der Waals surface area contributed by atoms with Gasteiger partial charge in [0.25, 0.3) is 0 Å². The zero-order chi connectivity index (χ0) is 17.4. The van der Waals surface area contributed by atoms with Crippen molar-refractivity contribution in [3.8, 4) is 5.82 Å². The smallest absolute Gasteiger partial charge is 0.209 e. The van der Waals surface area contributed by atoms with Crippen molar-refractivity contribution >= 4 is 28.5 Å². The third-order valence-corrected chi connectivity index (χ3v) is 4.53. The number of nitrogens with one attached hydrogen (secondary N) is 1. The number of nitrogen functional groups attached to an aromatic ring is 1. The van der Waals surface area contributed by atoms with E-state index in [0.29, 0.717) is 18.5 Å². The summed E-state index contributed by atoms with van der Waals surface area (Å²) in [5.41, 5.74) is 9.09. The largest absolute Gasteiger partial charge is 0.384 e. The van der Waals surface area contributed by atoms with Gasteiger partial charge in [0.05, 0.1) is 24.2 Å². The van der Waals surface area contributed by atoms with Gasteiger partial charge in [0, 0.05) is 37.5 Å². The van der Waals surface area contributed by atoms with E-state index in [1.807, 2.05) is 41.9 Å². The molecular formula is C18H22N6O. The molecule has 1 saturated heterocycles. The van der Waals surface area contributed by atoms with Gasteiger partial charge in [-0.1, -0.05) is 12.1 Å². The van der Waals surface area contributed by atoms with Crippen LogP contribution in [0.15, 0.2) is 36.4 Å². The van der Waals surface area contributed by atoms with Crippen LogP contribution in [0.5, 0.6) is 0 Å². The molecule has 0 bridgehead atoms. The lowest BCUT2D eigenvalue weighted by Gasteiger charge is -2.35. The van der Waals surface area contributed by atoms with Crippen molar-refractivity contribution in [2.24, 2.45) is 0 Å². The minimum Gasteiger partial charge on any atom is -0.384 e. The van der Waals surface area contributed by atoms with Gasteiger partial charge >= 0.3 is 0 Å². The Labute approximate surface area is 146 Å². The summed E-state index contributed by atoms with van der Waals surface area (Å²) in [6.07, 6.45) is 0. The number of benzene rings is 1. The van der Waals surface area contributed by atoms with Crippen LogP contribution in [0.1, 0.15) is 6.92 Å². The van der Waals surface area contributed by atoms with Crippen LogP contribution >= 0.6 is 0 Å². The Morgan fingerprint density at radius 3 is 2.88 bits per heavy atom. The first-order chi connectivity index (χ1) is 12.2. The fourth-order valence-electron chi connectivity index (χ4n) is 3.34. The first kappa shape index (κ1) is 15.7. The molecule has 0 amide bonds. The molecule has 0 spiro atoms. The molecule has 1 fully saturated rings. The van der Waals surface area contributed by atoms with Crippen molar-refractivity contribution in [3.63, 3.8) is 0 Å². The minimum atomic E-state index is 0.298. The Morgan fingerprint density at radius 2 is 2.08 bits per heavy atom. The van der Waals surface area contributed by atoms with Crippen LogP contribution in [0.25, 0.3) is 16.9 Å². The van der Waals surface area contributed by atoms with Gasteiger partial charge in [0.15, 0.2) is 0 Å². The lowest BCUT2D eigenvalue weighted by Crippen LogP contribution is -2.43. The van der Waals surface area contributed by atoms with Crippen molar-refractivity contribution in [1.29, 1.82) is 0 Å². The number of rotatable bonds is 3. The van der Waals surface area contributed by atoms with E-state index in [2.05, 4.69) is 33.2 Å². The number of imidazole rings is 1. The lowest BCUT2D eigenvalue weighted by atomic mass is 10.2. The van der Waals surface area contributed by atoms with Gasteiger partial charge in [0.1, 0.15) is 11.6 Å². The van der Waals surface area contributed by atoms with Crippen molar-refractivity contribution in [2.75, 3.05) is 42.8 Å². The summed E-state index contributed by atoms with van der Waals surface area (Å²) in [6.45, 7) is 4.43. The molecule has 1 aliphatic rings. The zero-order valence-electron chi connectivity index (χ0n) is 14.4. The Bertz CT molecular complexity index is 906. The average molecular weight is 338 g/mol. The fourth-order valence-corrected chi connectivity index (χ4v) is 3.34. The standard InChI is InChI=1S/C18H22N6O/c1-12-11-25-8-7-23(12)13-9-16(19)22-17(10-13)24-15-6-4-3-5-14(15)21-18(24)20-2/h3-6,9-10,12H,7-8,11H2,1-2H3,(H2,19,22)(H,20,21). The second-order valence-corrected chi connectivity index (χ2v) is 6.24. The summed E-state index contributed by atoms with van der Waals surface area (Å²) >= 11 is 0. The highest BCUT2D eigenvalue weighted by atomic mass is 16.5.